The van der Waals surface area contributed by atoms with Crippen molar-refractivity contribution in [1.29, 1.82) is 0 Å². The molecule has 0 fully saturated rings. The van der Waals surface area contributed by atoms with E-state index >= 15 is 0 Å². The Hall–Kier alpha value is -3.54. The number of benzene rings is 2. The highest BCUT2D eigenvalue weighted by molar-refractivity contribution is 7.14. The fourth-order valence-corrected chi connectivity index (χ4v) is 5.19. The summed E-state index contributed by atoms with van der Waals surface area (Å²) in [7, 11) is 0. The zero-order chi connectivity index (χ0) is 29.7. The predicted octanol–water partition coefficient (Wildman–Crippen LogP) is 8.11. The van der Waals surface area contributed by atoms with Gasteiger partial charge in [0.15, 0.2) is 0 Å². The third kappa shape index (κ3) is 8.73. The van der Waals surface area contributed by atoms with Gasteiger partial charge in [0.05, 0.1) is 16.9 Å². The number of rotatable bonds is 11. The van der Waals surface area contributed by atoms with E-state index < -0.39 is 42.3 Å². The molecule has 1 unspecified atom stereocenters. The minimum Gasteiger partial charge on any atom is -0.485 e. The molecule has 0 aliphatic heterocycles. The van der Waals surface area contributed by atoms with Gasteiger partial charge in [-0.15, -0.1) is 11.3 Å². The zero-order valence-corrected chi connectivity index (χ0v) is 22.4. The largest absolute Gasteiger partial charge is 0.485 e. The van der Waals surface area contributed by atoms with Crippen LogP contribution in [0.4, 0.5) is 26.3 Å². The van der Waals surface area contributed by atoms with E-state index in [-0.39, 0.29) is 30.7 Å². The average molecular weight is 588 g/mol. The lowest BCUT2D eigenvalue weighted by atomic mass is 9.94. The molecule has 12 heteroatoms. The number of halogens is 6. The topological polar surface area (TPSA) is 75.6 Å². The first kappa shape index (κ1) is 31.0. The van der Waals surface area contributed by atoms with Crippen molar-refractivity contribution >= 4 is 23.2 Å². The molecule has 1 atom stereocenters. The van der Waals surface area contributed by atoms with Crippen molar-refractivity contribution in [3.8, 4) is 16.9 Å². The summed E-state index contributed by atoms with van der Waals surface area (Å²) in [6.07, 6.45) is -11.1. The number of carboxylic acids is 1. The van der Waals surface area contributed by atoms with Gasteiger partial charge in [-0.3, -0.25) is 9.59 Å². The molecular formula is C28H27F6NO4S. The van der Waals surface area contributed by atoms with Gasteiger partial charge in [0.2, 0.25) is 0 Å². The number of nitrogens with one attached hydrogen (secondary N) is 1. The van der Waals surface area contributed by atoms with Crippen molar-refractivity contribution in [2.45, 2.75) is 58.0 Å². The molecule has 0 aliphatic carbocycles. The summed E-state index contributed by atoms with van der Waals surface area (Å²) in [6.45, 7) is 3.45. The van der Waals surface area contributed by atoms with Gasteiger partial charge >= 0.3 is 18.3 Å². The van der Waals surface area contributed by atoms with Crippen molar-refractivity contribution < 1.29 is 45.8 Å². The number of hydrogen-bond donors (Lipinski definition) is 2. The van der Waals surface area contributed by atoms with E-state index in [0.29, 0.717) is 32.9 Å². The summed E-state index contributed by atoms with van der Waals surface area (Å²) in [4.78, 5) is 23.8. The van der Waals surface area contributed by atoms with Crippen LogP contribution in [0.3, 0.4) is 0 Å². The Labute approximate surface area is 230 Å². The predicted molar refractivity (Wildman–Crippen MR) is 139 cm³/mol. The maximum Gasteiger partial charge on any atom is 0.416 e. The van der Waals surface area contributed by atoms with Gasteiger partial charge in [-0.2, -0.15) is 26.3 Å². The van der Waals surface area contributed by atoms with Crippen molar-refractivity contribution in [1.82, 2.24) is 5.32 Å². The fourth-order valence-electron chi connectivity index (χ4n) is 4.20. The Morgan fingerprint density at radius 2 is 1.60 bits per heavy atom. The number of aliphatic carboxylic acids is 1. The van der Waals surface area contributed by atoms with Gasteiger partial charge in [-0.1, -0.05) is 12.1 Å². The minimum absolute atomic E-state index is 0.0127. The Balaban J connectivity index is 1.83. The molecule has 40 heavy (non-hydrogen) atoms. The first-order valence-corrected chi connectivity index (χ1v) is 13.1. The Morgan fingerprint density at radius 1 is 0.975 bits per heavy atom. The quantitative estimate of drug-likeness (QED) is 0.222. The maximum atomic E-state index is 13.0. The van der Waals surface area contributed by atoms with E-state index in [4.69, 9.17) is 9.84 Å². The summed E-state index contributed by atoms with van der Waals surface area (Å²) >= 11 is 1.04. The van der Waals surface area contributed by atoms with Crippen molar-refractivity contribution in [2.75, 3.05) is 6.54 Å². The first-order valence-electron chi connectivity index (χ1n) is 12.3. The normalized spacial score (nSPS) is 12.7. The minimum atomic E-state index is -4.46. The summed E-state index contributed by atoms with van der Waals surface area (Å²) in [6, 6.07) is 11.2. The number of amides is 1. The van der Waals surface area contributed by atoms with Crippen LogP contribution in [0.2, 0.25) is 0 Å². The highest BCUT2D eigenvalue weighted by Crippen LogP contribution is 2.38. The molecule has 0 spiro atoms. The van der Waals surface area contributed by atoms with Gasteiger partial charge in [0.1, 0.15) is 11.9 Å². The van der Waals surface area contributed by atoms with Crippen molar-refractivity contribution in [3.05, 3.63) is 75.0 Å². The number of aryl methyl sites for hydroxylation is 2. The van der Waals surface area contributed by atoms with Crippen LogP contribution in [0, 0.1) is 13.8 Å². The zero-order valence-electron chi connectivity index (χ0n) is 21.6. The SMILES string of the molecule is Cc1cc(OC(CCCC(F)(F)F)c2ccc(C(=O)NCCC(=O)O)s2)cc(C)c1-c1ccc(C(F)(F)F)cc1. The number of carboxylic acid groups (broad SMARTS) is 1. The first-order chi connectivity index (χ1) is 18.6. The van der Waals surface area contributed by atoms with Gasteiger partial charge in [-0.05, 0) is 85.3 Å². The lowest BCUT2D eigenvalue weighted by molar-refractivity contribution is -0.138. The smallest absolute Gasteiger partial charge is 0.416 e. The van der Waals surface area contributed by atoms with E-state index in [1.54, 1.807) is 32.0 Å². The standard InChI is InChI=1S/C28H27F6NO4S/c1-16-14-20(15-17(2)25(16)18-5-7-19(8-6-18)28(32,33)34)39-21(4-3-12-27(29,30)31)22-9-10-23(40-22)26(38)35-13-11-24(36)37/h5-10,14-15,21H,3-4,11-13H2,1-2H3,(H,35,38)(H,36,37). The molecule has 3 aromatic rings. The number of ether oxygens (including phenoxy) is 1. The lowest BCUT2D eigenvalue weighted by Gasteiger charge is -2.21. The van der Waals surface area contributed by atoms with Crippen LogP contribution in [-0.4, -0.2) is 29.7 Å². The molecule has 0 aliphatic rings. The van der Waals surface area contributed by atoms with Crippen LogP contribution >= 0.6 is 11.3 Å². The Morgan fingerprint density at radius 3 is 2.15 bits per heavy atom. The molecule has 0 saturated heterocycles. The van der Waals surface area contributed by atoms with Crippen molar-refractivity contribution in [2.24, 2.45) is 0 Å². The van der Waals surface area contributed by atoms with Crippen molar-refractivity contribution in [3.63, 3.8) is 0 Å². The molecule has 0 bridgehead atoms. The summed E-state index contributed by atoms with van der Waals surface area (Å²) < 4.78 is 83.5. The maximum absolute atomic E-state index is 13.0. The third-order valence-electron chi connectivity index (χ3n) is 6.00. The molecule has 216 valence electrons. The molecule has 3 rings (SSSR count). The van der Waals surface area contributed by atoms with E-state index in [2.05, 4.69) is 5.32 Å². The lowest BCUT2D eigenvalue weighted by Crippen LogP contribution is -2.25. The van der Waals surface area contributed by atoms with Gasteiger partial charge in [-0.25, -0.2) is 0 Å². The number of hydrogen-bond acceptors (Lipinski definition) is 4. The van der Waals surface area contributed by atoms with E-state index in [1.807, 2.05) is 0 Å². The second-order valence-corrected chi connectivity index (χ2v) is 10.3. The van der Waals surface area contributed by atoms with Crippen LogP contribution in [0.15, 0.2) is 48.5 Å². The van der Waals surface area contributed by atoms with Gasteiger partial charge in [0.25, 0.3) is 5.91 Å². The molecule has 2 aromatic carbocycles. The second-order valence-electron chi connectivity index (χ2n) is 9.22. The third-order valence-corrected chi connectivity index (χ3v) is 7.18. The van der Waals surface area contributed by atoms with E-state index in [9.17, 15) is 35.9 Å². The number of thiophene rings is 1. The fraction of sp³-hybridized carbons (Fsp3) is 0.357. The van der Waals surface area contributed by atoms with Crippen LogP contribution < -0.4 is 10.1 Å². The summed E-state index contributed by atoms with van der Waals surface area (Å²) in [5, 5.41) is 11.2. The molecule has 1 aromatic heterocycles. The molecule has 2 N–H and O–H groups in total. The monoisotopic (exact) mass is 587 g/mol. The Kier molecular flexibility index (Phi) is 9.88. The number of carbonyl (C=O) groups is 2. The highest BCUT2D eigenvalue weighted by Gasteiger charge is 2.30. The van der Waals surface area contributed by atoms with Crippen LogP contribution in [0.5, 0.6) is 5.75 Å². The number of carbonyl (C=O) groups excluding carboxylic acids is 1. The highest BCUT2D eigenvalue weighted by atomic mass is 32.1. The average Bonchev–Trinajstić information content (AvgIpc) is 3.32. The second kappa shape index (κ2) is 12.8. The Bertz CT molecular complexity index is 1310. The molecule has 1 heterocycles. The number of alkyl halides is 6. The van der Waals surface area contributed by atoms with Crippen LogP contribution in [0.1, 0.15) is 63.0 Å². The summed E-state index contributed by atoms with van der Waals surface area (Å²) in [5.74, 6) is -1.21. The molecule has 5 nitrogen and oxygen atoms in total. The molecular weight excluding hydrogens is 560 g/mol. The van der Waals surface area contributed by atoms with Crippen LogP contribution in [0.25, 0.3) is 11.1 Å². The van der Waals surface area contributed by atoms with E-state index in [0.717, 1.165) is 23.5 Å². The molecule has 0 radical (unpaired) electrons. The molecule has 1 amide bonds. The van der Waals surface area contributed by atoms with Gasteiger partial charge < -0.3 is 15.2 Å². The molecule has 0 saturated carbocycles. The van der Waals surface area contributed by atoms with E-state index in [1.165, 1.54) is 18.2 Å². The summed E-state index contributed by atoms with van der Waals surface area (Å²) in [5.41, 5.74) is 1.93. The van der Waals surface area contributed by atoms with Gasteiger partial charge in [0, 0.05) is 17.8 Å². The van der Waals surface area contributed by atoms with Crippen LogP contribution in [-0.2, 0) is 11.0 Å².